The van der Waals surface area contributed by atoms with Gasteiger partial charge in [-0.1, -0.05) is 36.4 Å². The van der Waals surface area contributed by atoms with E-state index in [0.29, 0.717) is 23.5 Å². The number of likely N-dealkylation sites (tertiary alicyclic amines) is 1. The van der Waals surface area contributed by atoms with Crippen LogP contribution >= 0.6 is 0 Å². The highest BCUT2D eigenvalue weighted by atomic mass is 19.1. The number of aliphatic hydroxyl groups is 1. The Bertz CT molecular complexity index is 1240. The minimum Gasteiger partial charge on any atom is -0.507 e. The summed E-state index contributed by atoms with van der Waals surface area (Å²) in [6, 6.07) is 18.9. The summed E-state index contributed by atoms with van der Waals surface area (Å²) in [4.78, 5) is 27.6. The van der Waals surface area contributed by atoms with Gasteiger partial charge < -0.3 is 19.5 Å². The van der Waals surface area contributed by atoms with Gasteiger partial charge in [0.15, 0.2) is 11.5 Å². The second kappa shape index (κ2) is 9.79. The van der Waals surface area contributed by atoms with Crippen molar-refractivity contribution in [3.8, 4) is 11.5 Å². The first-order valence-corrected chi connectivity index (χ1v) is 10.7. The van der Waals surface area contributed by atoms with E-state index in [1.807, 2.05) is 30.3 Å². The van der Waals surface area contributed by atoms with Crippen LogP contribution in [0.25, 0.3) is 5.76 Å². The molecule has 1 heterocycles. The number of methoxy groups -OCH3 is 2. The Morgan fingerprint density at radius 2 is 1.62 bits per heavy atom. The maximum absolute atomic E-state index is 13.4. The van der Waals surface area contributed by atoms with E-state index in [0.717, 1.165) is 5.56 Å². The number of carbonyl (C=O) groups excluding carboxylic acids is 2. The van der Waals surface area contributed by atoms with E-state index >= 15 is 0 Å². The van der Waals surface area contributed by atoms with Crippen LogP contribution in [0.2, 0.25) is 0 Å². The number of ketones is 1. The van der Waals surface area contributed by atoms with Crippen molar-refractivity contribution in [3.63, 3.8) is 0 Å². The number of hydrogen-bond acceptors (Lipinski definition) is 5. The SMILES string of the molecule is COc1ccc(CCN2C(=O)C(=O)/C(=C(/O)c3ccc(F)cc3)C2c2ccccc2)cc1OC. The highest BCUT2D eigenvalue weighted by molar-refractivity contribution is 6.46. The summed E-state index contributed by atoms with van der Waals surface area (Å²) in [7, 11) is 3.10. The molecule has 0 spiro atoms. The van der Waals surface area contributed by atoms with Crippen LogP contribution in [0.1, 0.15) is 22.7 Å². The molecule has 0 radical (unpaired) electrons. The zero-order valence-corrected chi connectivity index (χ0v) is 18.8. The minimum absolute atomic E-state index is 0.0184. The molecule has 7 heteroatoms. The number of carbonyl (C=O) groups is 2. The number of hydrogen-bond donors (Lipinski definition) is 1. The molecule has 34 heavy (non-hydrogen) atoms. The molecule has 1 N–H and O–H groups in total. The van der Waals surface area contributed by atoms with E-state index in [4.69, 9.17) is 9.47 Å². The normalized spacial score (nSPS) is 17.1. The second-order valence-electron chi connectivity index (χ2n) is 7.85. The molecule has 1 saturated heterocycles. The van der Waals surface area contributed by atoms with Crippen LogP contribution in [0, 0.1) is 5.82 Å². The van der Waals surface area contributed by atoms with Gasteiger partial charge in [-0.3, -0.25) is 9.59 Å². The van der Waals surface area contributed by atoms with Crippen LogP contribution < -0.4 is 9.47 Å². The van der Waals surface area contributed by atoms with Gasteiger partial charge in [-0.05, 0) is 53.9 Å². The lowest BCUT2D eigenvalue weighted by Gasteiger charge is -2.25. The molecule has 1 fully saturated rings. The molecule has 1 unspecified atom stereocenters. The maximum Gasteiger partial charge on any atom is 0.295 e. The minimum atomic E-state index is -0.775. The van der Waals surface area contributed by atoms with Crippen molar-refractivity contribution >= 4 is 17.4 Å². The third kappa shape index (κ3) is 4.37. The monoisotopic (exact) mass is 461 g/mol. The Kier molecular flexibility index (Phi) is 6.63. The van der Waals surface area contributed by atoms with Crippen LogP contribution in [0.4, 0.5) is 4.39 Å². The average Bonchev–Trinajstić information content (AvgIpc) is 3.12. The molecule has 174 valence electrons. The average molecular weight is 461 g/mol. The van der Waals surface area contributed by atoms with Gasteiger partial charge >= 0.3 is 0 Å². The number of ether oxygens (including phenoxy) is 2. The Morgan fingerprint density at radius 3 is 2.26 bits per heavy atom. The predicted octanol–water partition coefficient (Wildman–Crippen LogP) is 4.51. The van der Waals surface area contributed by atoms with Gasteiger partial charge in [-0.15, -0.1) is 0 Å². The summed E-state index contributed by atoms with van der Waals surface area (Å²) < 4.78 is 24.0. The summed E-state index contributed by atoms with van der Waals surface area (Å²) in [5, 5.41) is 11.0. The van der Waals surface area contributed by atoms with Crippen molar-refractivity contribution in [1.29, 1.82) is 0 Å². The van der Waals surface area contributed by atoms with Gasteiger partial charge in [0.25, 0.3) is 11.7 Å². The zero-order valence-electron chi connectivity index (χ0n) is 18.8. The fraction of sp³-hybridized carbons (Fsp3) is 0.185. The van der Waals surface area contributed by atoms with Crippen molar-refractivity contribution in [2.24, 2.45) is 0 Å². The third-order valence-electron chi connectivity index (χ3n) is 5.86. The van der Waals surface area contributed by atoms with Gasteiger partial charge in [0.05, 0.1) is 25.8 Å². The van der Waals surface area contributed by atoms with Crippen molar-refractivity contribution < 1.29 is 28.6 Å². The van der Waals surface area contributed by atoms with Crippen molar-refractivity contribution in [2.75, 3.05) is 20.8 Å². The Morgan fingerprint density at radius 1 is 0.941 bits per heavy atom. The lowest BCUT2D eigenvalue weighted by atomic mass is 9.95. The Balaban J connectivity index is 1.72. The summed E-state index contributed by atoms with van der Waals surface area (Å²) in [6.45, 7) is 0.236. The van der Waals surface area contributed by atoms with E-state index in [-0.39, 0.29) is 23.4 Å². The molecule has 4 rings (SSSR count). The van der Waals surface area contributed by atoms with Gasteiger partial charge in [0.1, 0.15) is 11.6 Å². The van der Waals surface area contributed by atoms with Crippen molar-refractivity contribution in [1.82, 2.24) is 4.90 Å². The van der Waals surface area contributed by atoms with Crippen LogP contribution in [0.5, 0.6) is 11.5 Å². The van der Waals surface area contributed by atoms with Gasteiger partial charge in [0, 0.05) is 12.1 Å². The van der Waals surface area contributed by atoms with Gasteiger partial charge in [-0.2, -0.15) is 0 Å². The smallest absolute Gasteiger partial charge is 0.295 e. The van der Waals surface area contributed by atoms with E-state index in [2.05, 4.69) is 0 Å². The molecule has 3 aromatic carbocycles. The zero-order chi connectivity index (χ0) is 24.2. The number of benzene rings is 3. The molecule has 3 aromatic rings. The number of rotatable bonds is 7. The van der Waals surface area contributed by atoms with Crippen LogP contribution in [0.15, 0.2) is 78.4 Å². The highest BCUT2D eigenvalue weighted by Gasteiger charge is 2.45. The van der Waals surface area contributed by atoms with E-state index in [1.54, 1.807) is 32.4 Å². The Labute approximate surface area is 196 Å². The Hall–Kier alpha value is -4.13. The first-order valence-electron chi connectivity index (χ1n) is 10.7. The number of nitrogens with zero attached hydrogens (tertiary/aromatic N) is 1. The first-order chi connectivity index (χ1) is 16.4. The molecular weight excluding hydrogens is 437 g/mol. The summed E-state index contributed by atoms with van der Waals surface area (Å²) in [5.74, 6) is -1.11. The van der Waals surface area contributed by atoms with Crippen LogP contribution in [-0.4, -0.2) is 42.5 Å². The lowest BCUT2D eigenvalue weighted by Crippen LogP contribution is -2.31. The largest absolute Gasteiger partial charge is 0.507 e. The van der Waals surface area contributed by atoms with Crippen molar-refractivity contribution in [2.45, 2.75) is 12.5 Å². The van der Waals surface area contributed by atoms with Gasteiger partial charge in [0.2, 0.25) is 0 Å². The molecule has 1 atom stereocenters. The summed E-state index contributed by atoms with van der Waals surface area (Å²) >= 11 is 0. The van der Waals surface area contributed by atoms with Crippen LogP contribution in [0.3, 0.4) is 0 Å². The predicted molar refractivity (Wildman–Crippen MR) is 125 cm³/mol. The molecule has 0 aliphatic carbocycles. The second-order valence-corrected chi connectivity index (χ2v) is 7.85. The van der Waals surface area contributed by atoms with E-state index in [9.17, 15) is 19.1 Å². The van der Waals surface area contributed by atoms with E-state index < -0.39 is 23.5 Å². The number of halogens is 1. The lowest BCUT2D eigenvalue weighted by molar-refractivity contribution is -0.139. The molecule has 0 saturated carbocycles. The quantitative estimate of drug-likeness (QED) is 0.318. The first kappa shape index (κ1) is 23.0. The molecule has 0 bridgehead atoms. The molecule has 1 amide bonds. The number of Topliss-reactive ketones (excluding diaryl/α,β-unsaturated/α-hetero) is 1. The summed E-state index contributed by atoms with van der Waals surface area (Å²) in [5.41, 5.74) is 1.83. The van der Waals surface area contributed by atoms with Crippen LogP contribution in [-0.2, 0) is 16.0 Å². The number of aliphatic hydroxyl groups excluding tert-OH is 1. The van der Waals surface area contributed by atoms with E-state index in [1.165, 1.54) is 29.2 Å². The van der Waals surface area contributed by atoms with Crippen molar-refractivity contribution in [3.05, 3.63) is 101 Å². The fourth-order valence-electron chi connectivity index (χ4n) is 4.14. The summed E-state index contributed by atoms with van der Waals surface area (Å²) in [6.07, 6.45) is 0.452. The topological polar surface area (TPSA) is 76.1 Å². The fourth-order valence-corrected chi connectivity index (χ4v) is 4.14. The molecule has 1 aliphatic rings. The molecular formula is C27H24FNO5. The molecule has 6 nitrogen and oxygen atoms in total. The number of amides is 1. The maximum atomic E-state index is 13.4. The molecule has 0 aromatic heterocycles. The van der Waals surface area contributed by atoms with Gasteiger partial charge in [-0.25, -0.2) is 4.39 Å². The highest BCUT2D eigenvalue weighted by Crippen LogP contribution is 2.39. The standard InChI is InChI=1S/C27H24FNO5/c1-33-21-13-8-17(16-22(21)34-2)14-15-29-24(18-6-4-3-5-7-18)23(26(31)27(29)32)25(30)19-9-11-20(28)12-10-19/h3-13,16,24,30H,14-15H2,1-2H3/b25-23+. The molecule has 1 aliphatic heterocycles. The third-order valence-corrected chi connectivity index (χ3v) is 5.86.